The Balaban J connectivity index is 3.15. The third kappa shape index (κ3) is 30.2. The zero-order valence-corrected chi connectivity index (χ0v) is 23.3. The van der Waals surface area contributed by atoms with Gasteiger partial charge in [0.2, 0.25) is 11.8 Å². The van der Waals surface area contributed by atoms with E-state index < -0.39 is 0 Å². The molecule has 0 aromatic rings. The lowest BCUT2D eigenvalue weighted by atomic mass is 10.2. The van der Waals surface area contributed by atoms with E-state index in [1.54, 1.807) is 0 Å². The van der Waals surface area contributed by atoms with Gasteiger partial charge in [-0.15, -0.1) is 0 Å². The Bertz CT molecular complexity index is 634. The smallest absolute Gasteiger partial charge is 0.226 e. The second-order valence-corrected chi connectivity index (χ2v) is 8.08. The molecule has 2 N–H and O–H groups in total. The summed E-state index contributed by atoms with van der Waals surface area (Å²) in [6, 6.07) is 0. The van der Waals surface area contributed by atoms with Crippen molar-refractivity contribution >= 4 is 18.1 Å². The van der Waals surface area contributed by atoms with Crippen molar-refractivity contribution in [3.63, 3.8) is 0 Å². The first-order valence-electron chi connectivity index (χ1n) is 13.5. The van der Waals surface area contributed by atoms with Gasteiger partial charge in [0.25, 0.3) is 0 Å². The fraction of sp³-hybridized carbons (Fsp3) is 0.741. The van der Waals surface area contributed by atoms with Crippen LogP contribution in [0.15, 0.2) is 24.9 Å². The van der Waals surface area contributed by atoms with Crippen LogP contribution in [-0.4, -0.2) is 117 Å². The van der Waals surface area contributed by atoms with Gasteiger partial charge in [-0.05, 0) is 18.9 Å². The Kier molecular flexibility index (Phi) is 28.6. The molecule has 0 radical (unpaired) electrons. The normalized spacial score (nSPS) is 10.8. The molecule has 0 aliphatic carbocycles. The van der Waals surface area contributed by atoms with Gasteiger partial charge in [-0.2, -0.15) is 0 Å². The van der Waals surface area contributed by atoms with Crippen molar-refractivity contribution in [3.05, 3.63) is 24.9 Å². The first kappa shape index (κ1) is 36.8. The van der Waals surface area contributed by atoms with Crippen molar-refractivity contribution in [2.75, 3.05) is 99.0 Å². The monoisotopic (exact) mass is 560 g/mol. The van der Waals surface area contributed by atoms with E-state index in [1.165, 1.54) is 6.08 Å². The number of carbonyl (C=O) groups is 3. The fourth-order valence-corrected chi connectivity index (χ4v) is 2.74. The lowest BCUT2D eigenvalue weighted by Crippen LogP contribution is -2.27. The second-order valence-electron chi connectivity index (χ2n) is 8.08. The van der Waals surface area contributed by atoms with Gasteiger partial charge in [0.15, 0.2) is 0 Å². The molecule has 0 spiro atoms. The SMILES string of the molecule is C=CC(=C)NC(=O)CCOCCOCCOCCOCCOCCOCCOCCNC(=O)CCCCC=O. The van der Waals surface area contributed by atoms with Gasteiger partial charge >= 0.3 is 0 Å². The van der Waals surface area contributed by atoms with E-state index in [0.29, 0.717) is 118 Å². The Morgan fingerprint density at radius 3 is 1.46 bits per heavy atom. The van der Waals surface area contributed by atoms with Crippen molar-refractivity contribution in [2.24, 2.45) is 0 Å². The molecule has 0 aliphatic rings. The molecule has 0 aliphatic heterocycles. The molecule has 0 aromatic carbocycles. The number of amides is 2. The van der Waals surface area contributed by atoms with Crippen LogP contribution in [0.2, 0.25) is 0 Å². The van der Waals surface area contributed by atoms with E-state index in [9.17, 15) is 14.4 Å². The van der Waals surface area contributed by atoms with Crippen LogP contribution in [0.3, 0.4) is 0 Å². The summed E-state index contributed by atoms with van der Waals surface area (Å²) in [6.07, 6.45) is 5.00. The predicted molar refractivity (Wildman–Crippen MR) is 145 cm³/mol. The summed E-state index contributed by atoms with van der Waals surface area (Å²) in [5.41, 5.74) is 0.472. The number of nitrogens with one attached hydrogen (secondary N) is 2. The molecule has 0 aromatic heterocycles. The predicted octanol–water partition coefficient (Wildman–Crippen LogP) is 1.18. The molecule has 0 bridgehead atoms. The Labute approximate surface area is 232 Å². The molecule has 226 valence electrons. The summed E-state index contributed by atoms with van der Waals surface area (Å²) < 4.78 is 37.8. The minimum atomic E-state index is -0.160. The molecule has 2 amide bonds. The van der Waals surface area contributed by atoms with Crippen LogP contribution in [0.5, 0.6) is 0 Å². The van der Waals surface area contributed by atoms with E-state index in [1.807, 2.05) is 0 Å². The number of hydrogen-bond donors (Lipinski definition) is 2. The van der Waals surface area contributed by atoms with Crippen molar-refractivity contribution in [1.29, 1.82) is 0 Å². The number of allylic oxidation sites excluding steroid dienone is 1. The Hall–Kier alpha value is -2.19. The quantitative estimate of drug-likeness (QED) is 0.0722. The van der Waals surface area contributed by atoms with Crippen molar-refractivity contribution in [2.45, 2.75) is 32.1 Å². The summed E-state index contributed by atoms with van der Waals surface area (Å²) in [5.74, 6) is -0.182. The average molecular weight is 561 g/mol. The summed E-state index contributed by atoms with van der Waals surface area (Å²) >= 11 is 0. The number of rotatable bonds is 31. The number of unbranched alkanes of at least 4 members (excludes halogenated alkanes) is 2. The zero-order chi connectivity index (χ0) is 28.7. The second kappa shape index (κ2) is 30.4. The van der Waals surface area contributed by atoms with Gasteiger partial charge < -0.3 is 48.6 Å². The number of aldehydes is 1. The molecule has 12 nitrogen and oxygen atoms in total. The van der Waals surface area contributed by atoms with Crippen LogP contribution in [0.4, 0.5) is 0 Å². The maximum Gasteiger partial charge on any atom is 0.226 e. The maximum atomic E-state index is 11.5. The molecule has 0 saturated heterocycles. The van der Waals surface area contributed by atoms with Crippen molar-refractivity contribution in [3.8, 4) is 0 Å². The summed E-state index contributed by atoms with van der Waals surface area (Å²) in [6.45, 7) is 13.8. The highest BCUT2D eigenvalue weighted by Gasteiger charge is 2.02. The molecule has 0 rings (SSSR count). The Morgan fingerprint density at radius 2 is 1.03 bits per heavy atom. The molecular formula is C27H48N2O10. The van der Waals surface area contributed by atoms with Gasteiger partial charge in [-0.3, -0.25) is 9.59 Å². The average Bonchev–Trinajstić information content (AvgIpc) is 2.93. The van der Waals surface area contributed by atoms with E-state index in [2.05, 4.69) is 23.8 Å². The highest BCUT2D eigenvalue weighted by Crippen LogP contribution is 1.97. The largest absolute Gasteiger partial charge is 0.379 e. The number of hydrogen-bond acceptors (Lipinski definition) is 10. The first-order valence-corrected chi connectivity index (χ1v) is 13.5. The van der Waals surface area contributed by atoms with Crippen LogP contribution >= 0.6 is 0 Å². The minimum Gasteiger partial charge on any atom is -0.379 e. The third-order valence-corrected chi connectivity index (χ3v) is 4.80. The Morgan fingerprint density at radius 1 is 0.590 bits per heavy atom. The molecular weight excluding hydrogens is 512 g/mol. The van der Waals surface area contributed by atoms with Crippen LogP contribution < -0.4 is 10.6 Å². The fourth-order valence-electron chi connectivity index (χ4n) is 2.74. The van der Waals surface area contributed by atoms with Crippen LogP contribution in [0.1, 0.15) is 32.1 Å². The molecule has 0 heterocycles. The van der Waals surface area contributed by atoms with Crippen LogP contribution in [-0.2, 0) is 47.5 Å². The van der Waals surface area contributed by atoms with Crippen LogP contribution in [0.25, 0.3) is 0 Å². The lowest BCUT2D eigenvalue weighted by Gasteiger charge is -2.09. The summed E-state index contributed by atoms with van der Waals surface area (Å²) in [4.78, 5) is 33.2. The van der Waals surface area contributed by atoms with Gasteiger partial charge in [-0.25, -0.2) is 0 Å². The third-order valence-electron chi connectivity index (χ3n) is 4.80. The van der Waals surface area contributed by atoms with E-state index >= 15 is 0 Å². The van der Waals surface area contributed by atoms with Gasteiger partial charge in [0.1, 0.15) is 6.29 Å². The molecule has 0 unspecified atom stereocenters. The van der Waals surface area contributed by atoms with Crippen LogP contribution in [0, 0.1) is 0 Å². The minimum absolute atomic E-state index is 0.0222. The standard InChI is InChI=1S/C27H48N2O10/c1-3-25(2)29-27(32)8-11-33-13-15-35-17-19-37-21-23-39-24-22-38-20-18-36-16-14-34-12-9-28-26(31)7-5-4-6-10-30/h3,10H,1-2,4-9,11-24H2,(H,28,31)(H,29,32). The molecule has 12 heteroatoms. The molecule has 0 saturated carbocycles. The first-order chi connectivity index (χ1) is 19.1. The van der Waals surface area contributed by atoms with Gasteiger partial charge in [0, 0.05) is 25.1 Å². The number of carbonyl (C=O) groups excluding carboxylic acids is 3. The zero-order valence-electron chi connectivity index (χ0n) is 23.3. The highest BCUT2D eigenvalue weighted by molar-refractivity contribution is 5.78. The molecule has 39 heavy (non-hydrogen) atoms. The van der Waals surface area contributed by atoms with Crippen molar-refractivity contribution in [1.82, 2.24) is 10.6 Å². The van der Waals surface area contributed by atoms with Gasteiger partial charge in [-0.1, -0.05) is 13.2 Å². The van der Waals surface area contributed by atoms with E-state index in [0.717, 1.165) is 19.1 Å². The summed E-state index contributed by atoms with van der Waals surface area (Å²) in [7, 11) is 0. The van der Waals surface area contributed by atoms with E-state index in [-0.39, 0.29) is 18.2 Å². The maximum absolute atomic E-state index is 11.5. The van der Waals surface area contributed by atoms with Crippen molar-refractivity contribution < 1.29 is 47.5 Å². The van der Waals surface area contributed by atoms with E-state index in [4.69, 9.17) is 33.2 Å². The molecule has 0 fully saturated rings. The summed E-state index contributed by atoms with van der Waals surface area (Å²) in [5, 5.41) is 5.36. The number of ether oxygens (including phenoxy) is 7. The van der Waals surface area contributed by atoms with Gasteiger partial charge in [0.05, 0.1) is 98.9 Å². The molecule has 0 atom stereocenters. The highest BCUT2D eigenvalue weighted by atomic mass is 16.6. The lowest BCUT2D eigenvalue weighted by molar-refractivity contribution is -0.122. The topological polar surface area (TPSA) is 140 Å².